The van der Waals surface area contributed by atoms with Gasteiger partial charge < -0.3 is 5.32 Å². The van der Waals surface area contributed by atoms with E-state index in [0.29, 0.717) is 5.92 Å². The van der Waals surface area contributed by atoms with Crippen molar-refractivity contribution in [2.24, 2.45) is 5.92 Å². The highest BCUT2D eigenvalue weighted by molar-refractivity contribution is 7.89. The van der Waals surface area contributed by atoms with Crippen LogP contribution in [0.3, 0.4) is 0 Å². The van der Waals surface area contributed by atoms with Crippen molar-refractivity contribution in [3.63, 3.8) is 0 Å². The van der Waals surface area contributed by atoms with E-state index in [1.807, 2.05) is 0 Å². The molecule has 3 atom stereocenters. The van der Waals surface area contributed by atoms with Gasteiger partial charge >= 0.3 is 0 Å². The molecule has 0 aromatic rings. The quantitative estimate of drug-likeness (QED) is 0.799. The second-order valence-electron chi connectivity index (χ2n) is 5.56. The minimum atomic E-state index is -3.11. The lowest BCUT2D eigenvalue weighted by atomic mass is 9.87. The maximum absolute atomic E-state index is 12.0. The van der Waals surface area contributed by atoms with Gasteiger partial charge in [0, 0.05) is 12.1 Å². The molecule has 1 saturated heterocycles. The Morgan fingerprint density at radius 3 is 2.59 bits per heavy atom. The predicted molar refractivity (Wildman–Crippen MR) is 69.4 cm³/mol. The minimum absolute atomic E-state index is 0.159. The number of hydrogen-bond donors (Lipinski definition) is 2. The Labute approximate surface area is 105 Å². The first kappa shape index (κ1) is 13.3. The molecule has 4 nitrogen and oxygen atoms in total. The third kappa shape index (κ3) is 3.93. The summed E-state index contributed by atoms with van der Waals surface area (Å²) in [4.78, 5) is 0. The lowest BCUT2D eigenvalue weighted by Gasteiger charge is -2.29. The highest BCUT2D eigenvalue weighted by Crippen LogP contribution is 2.24. The minimum Gasteiger partial charge on any atom is -0.313 e. The molecule has 5 heteroatoms. The van der Waals surface area contributed by atoms with Crippen molar-refractivity contribution in [3.05, 3.63) is 0 Å². The van der Waals surface area contributed by atoms with Gasteiger partial charge in [0.15, 0.2) is 0 Å². The second-order valence-corrected chi connectivity index (χ2v) is 7.36. The molecule has 3 unspecified atom stereocenters. The lowest BCUT2D eigenvalue weighted by molar-refractivity contribution is 0.310. The van der Waals surface area contributed by atoms with Crippen LogP contribution in [0.25, 0.3) is 0 Å². The molecule has 0 bridgehead atoms. The molecule has 1 aliphatic heterocycles. The first-order chi connectivity index (χ1) is 8.07. The molecule has 0 radical (unpaired) electrons. The van der Waals surface area contributed by atoms with E-state index in [0.717, 1.165) is 38.6 Å². The van der Waals surface area contributed by atoms with Gasteiger partial charge in [0.05, 0.1) is 5.75 Å². The van der Waals surface area contributed by atoms with Crippen LogP contribution >= 0.6 is 0 Å². The third-order valence-corrected chi connectivity index (χ3v) is 5.53. The summed E-state index contributed by atoms with van der Waals surface area (Å²) in [7, 11) is -3.11. The number of rotatable bonds is 4. The van der Waals surface area contributed by atoms with E-state index in [-0.39, 0.29) is 17.8 Å². The summed E-state index contributed by atoms with van der Waals surface area (Å²) >= 11 is 0. The Kier molecular flexibility index (Phi) is 4.44. The SMILES string of the molecule is CC1CCCCC1NS(=O)(=O)CC1CCCN1. The second kappa shape index (κ2) is 5.67. The lowest BCUT2D eigenvalue weighted by Crippen LogP contribution is -2.45. The Balaban J connectivity index is 1.87. The zero-order chi connectivity index (χ0) is 12.3. The van der Waals surface area contributed by atoms with Crippen molar-refractivity contribution in [2.45, 2.75) is 57.5 Å². The van der Waals surface area contributed by atoms with Crippen molar-refractivity contribution < 1.29 is 8.42 Å². The fourth-order valence-corrected chi connectivity index (χ4v) is 4.66. The molecule has 2 N–H and O–H groups in total. The third-order valence-electron chi connectivity index (χ3n) is 4.03. The molecule has 1 aliphatic carbocycles. The van der Waals surface area contributed by atoms with Crippen LogP contribution in [-0.4, -0.2) is 32.8 Å². The van der Waals surface area contributed by atoms with Crippen molar-refractivity contribution in [1.29, 1.82) is 0 Å². The van der Waals surface area contributed by atoms with E-state index in [1.54, 1.807) is 0 Å². The molecule has 0 aromatic carbocycles. The summed E-state index contributed by atoms with van der Waals surface area (Å²) in [6, 6.07) is 0.321. The van der Waals surface area contributed by atoms with Gasteiger partial charge in [-0.1, -0.05) is 19.8 Å². The predicted octanol–water partition coefficient (Wildman–Crippen LogP) is 1.24. The van der Waals surface area contributed by atoms with E-state index in [4.69, 9.17) is 0 Å². The first-order valence-electron chi connectivity index (χ1n) is 6.80. The van der Waals surface area contributed by atoms with Crippen LogP contribution in [0.1, 0.15) is 45.4 Å². The van der Waals surface area contributed by atoms with E-state index < -0.39 is 10.0 Å². The van der Waals surface area contributed by atoms with Crippen LogP contribution in [0.5, 0.6) is 0 Å². The Hall–Kier alpha value is -0.130. The zero-order valence-electron chi connectivity index (χ0n) is 10.6. The molecule has 17 heavy (non-hydrogen) atoms. The highest BCUT2D eigenvalue weighted by atomic mass is 32.2. The van der Waals surface area contributed by atoms with Crippen LogP contribution in [0.15, 0.2) is 0 Å². The summed E-state index contributed by atoms with van der Waals surface area (Å²) in [5.41, 5.74) is 0. The summed E-state index contributed by atoms with van der Waals surface area (Å²) in [6.07, 6.45) is 6.62. The largest absolute Gasteiger partial charge is 0.313 e. The van der Waals surface area contributed by atoms with Crippen LogP contribution in [-0.2, 0) is 10.0 Å². The van der Waals surface area contributed by atoms with Gasteiger partial charge in [-0.25, -0.2) is 13.1 Å². The molecule has 2 fully saturated rings. The molecular weight excluding hydrogens is 236 g/mol. The summed E-state index contributed by atoms with van der Waals surface area (Å²) < 4.78 is 27.0. The Bertz CT molecular complexity index is 336. The number of sulfonamides is 1. The Morgan fingerprint density at radius 1 is 1.18 bits per heavy atom. The van der Waals surface area contributed by atoms with Gasteiger partial charge in [-0.05, 0) is 38.1 Å². The van der Waals surface area contributed by atoms with Gasteiger partial charge in [0.2, 0.25) is 10.0 Å². The van der Waals surface area contributed by atoms with E-state index in [9.17, 15) is 8.42 Å². The molecule has 0 spiro atoms. The summed E-state index contributed by atoms with van der Waals surface area (Å²) in [5, 5.41) is 3.24. The van der Waals surface area contributed by atoms with Crippen LogP contribution in [0.2, 0.25) is 0 Å². The molecule has 0 aromatic heterocycles. The molecular formula is C12H24N2O2S. The van der Waals surface area contributed by atoms with Crippen LogP contribution in [0, 0.1) is 5.92 Å². The molecule has 1 heterocycles. The standard InChI is InChI=1S/C12H24N2O2S/c1-10-5-2-3-7-12(10)14-17(15,16)9-11-6-4-8-13-11/h10-14H,2-9H2,1H3. The van der Waals surface area contributed by atoms with Gasteiger partial charge in [0.25, 0.3) is 0 Å². The molecule has 0 amide bonds. The fraction of sp³-hybridized carbons (Fsp3) is 1.00. The van der Waals surface area contributed by atoms with E-state index in [1.165, 1.54) is 6.42 Å². The number of nitrogens with one attached hydrogen (secondary N) is 2. The maximum atomic E-state index is 12.0. The van der Waals surface area contributed by atoms with Crippen molar-refractivity contribution in [1.82, 2.24) is 10.0 Å². The smallest absolute Gasteiger partial charge is 0.213 e. The van der Waals surface area contributed by atoms with Gasteiger partial charge in [0.1, 0.15) is 0 Å². The maximum Gasteiger partial charge on any atom is 0.213 e. The number of hydrogen-bond acceptors (Lipinski definition) is 3. The molecule has 100 valence electrons. The van der Waals surface area contributed by atoms with Crippen molar-refractivity contribution >= 4 is 10.0 Å². The van der Waals surface area contributed by atoms with Crippen LogP contribution in [0.4, 0.5) is 0 Å². The van der Waals surface area contributed by atoms with E-state index >= 15 is 0 Å². The van der Waals surface area contributed by atoms with Crippen molar-refractivity contribution in [2.75, 3.05) is 12.3 Å². The molecule has 1 saturated carbocycles. The van der Waals surface area contributed by atoms with Gasteiger partial charge in [-0.15, -0.1) is 0 Å². The normalized spacial score (nSPS) is 35.0. The first-order valence-corrected chi connectivity index (χ1v) is 8.45. The summed E-state index contributed by atoms with van der Waals surface area (Å²) in [5.74, 6) is 0.728. The fourth-order valence-electron chi connectivity index (χ4n) is 2.93. The Morgan fingerprint density at radius 2 is 1.94 bits per heavy atom. The van der Waals surface area contributed by atoms with Gasteiger partial charge in [-0.2, -0.15) is 0 Å². The van der Waals surface area contributed by atoms with E-state index in [2.05, 4.69) is 17.0 Å². The zero-order valence-corrected chi connectivity index (χ0v) is 11.4. The monoisotopic (exact) mass is 260 g/mol. The van der Waals surface area contributed by atoms with Crippen LogP contribution < -0.4 is 10.0 Å². The average Bonchev–Trinajstić information content (AvgIpc) is 2.73. The molecule has 2 aliphatic rings. The topological polar surface area (TPSA) is 58.2 Å². The average molecular weight is 260 g/mol. The highest BCUT2D eigenvalue weighted by Gasteiger charge is 2.28. The summed E-state index contributed by atoms with van der Waals surface area (Å²) in [6.45, 7) is 3.11. The van der Waals surface area contributed by atoms with Gasteiger partial charge in [-0.3, -0.25) is 0 Å². The molecule has 2 rings (SSSR count). The van der Waals surface area contributed by atoms with Crippen molar-refractivity contribution in [3.8, 4) is 0 Å².